The number of hydrogen-bond donors (Lipinski definition) is 1. The predicted molar refractivity (Wildman–Crippen MR) is 137 cm³/mol. The van der Waals surface area contributed by atoms with Crippen molar-refractivity contribution >= 4 is 38.7 Å². The summed E-state index contributed by atoms with van der Waals surface area (Å²) in [5.41, 5.74) is 1.28. The van der Waals surface area contributed by atoms with Crippen LogP contribution in [0.2, 0.25) is 0 Å². The highest BCUT2D eigenvalue weighted by molar-refractivity contribution is 7.89. The Morgan fingerprint density at radius 3 is 2.53 bits per heavy atom. The van der Waals surface area contributed by atoms with Crippen LogP contribution in [-0.2, 0) is 19.6 Å². The largest absolute Gasteiger partial charge is 0.339 e. The molecule has 3 atom stereocenters. The Bertz CT molecular complexity index is 1500. The Morgan fingerprint density at radius 1 is 1.08 bits per heavy atom. The Hall–Kier alpha value is -3.77. The number of nitrogens with one attached hydrogen (secondary N) is 1. The van der Waals surface area contributed by atoms with Crippen LogP contribution in [0.5, 0.6) is 0 Å². The van der Waals surface area contributed by atoms with Gasteiger partial charge in [-0.15, -0.1) is 0 Å². The zero-order valence-corrected chi connectivity index (χ0v) is 21.8. The third kappa shape index (κ3) is 4.76. The number of rotatable bonds is 7. The third-order valence-electron chi connectivity index (χ3n) is 6.86. The number of benzene rings is 1. The van der Waals surface area contributed by atoms with Crippen molar-refractivity contribution in [3.05, 3.63) is 60.6 Å². The molecular weight excluding hydrogens is 508 g/mol. The van der Waals surface area contributed by atoms with Crippen molar-refractivity contribution in [3.63, 3.8) is 0 Å². The second-order valence-corrected chi connectivity index (χ2v) is 11.8. The number of carbonyl (C=O) groups excluding carboxylic acids is 3. The van der Waals surface area contributed by atoms with E-state index in [2.05, 4.69) is 20.3 Å². The Balaban J connectivity index is 1.36. The van der Waals surface area contributed by atoms with Gasteiger partial charge in [0.15, 0.2) is 10.8 Å². The van der Waals surface area contributed by atoms with Crippen molar-refractivity contribution in [2.75, 3.05) is 13.1 Å². The highest BCUT2D eigenvalue weighted by Gasteiger charge is 2.54. The number of amides is 2. The van der Waals surface area contributed by atoms with Crippen molar-refractivity contribution in [2.24, 2.45) is 5.92 Å². The molecule has 0 radical (unpaired) electrons. The number of nitrogens with zero attached hydrogens (tertiary/aromatic N) is 5. The molecule has 5 rings (SSSR count). The molecule has 2 aliphatic heterocycles. The molecule has 2 aliphatic rings. The molecule has 38 heavy (non-hydrogen) atoms. The summed E-state index contributed by atoms with van der Waals surface area (Å²) in [4.78, 5) is 53.9. The molecule has 2 saturated heterocycles. The summed E-state index contributed by atoms with van der Waals surface area (Å²) in [6.07, 6.45) is 3.39. The maximum Gasteiger partial charge on any atom is 0.272 e. The fourth-order valence-electron chi connectivity index (χ4n) is 5.15. The first-order valence-corrected chi connectivity index (χ1v) is 13.9. The van der Waals surface area contributed by atoms with Gasteiger partial charge in [0.2, 0.25) is 5.91 Å². The van der Waals surface area contributed by atoms with Gasteiger partial charge in [0, 0.05) is 12.7 Å². The van der Waals surface area contributed by atoms with Crippen LogP contribution < -0.4 is 5.32 Å². The molecule has 2 amide bonds. The number of para-hydroxylation sites is 2. The van der Waals surface area contributed by atoms with Gasteiger partial charge in [-0.05, 0) is 43.0 Å². The number of carbonyl (C=O) groups is 3. The first kappa shape index (κ1) is 25.9. The third-order valence-corrected chi connectivity index (χ3v) is 8.65. The van der Waals surface area contributed by atoms with E-state index in [9.17, 15) is 22.8 Å². The summed E-state index contributed by atoms with van der Waals surface area (Å²) in [7, 11) is -4.01. The monoisotopic (exact) mass is 536 g/mol. The summed E-state index contributed by atoms with van der Waals surface area (Å²) in [5.74, 6) is -1.25. The van der Waals surface area contributed by atoms with E-state index < -0.39 is 40.0 Å². The highest BCUT2D eigenvalue weighted by atomic mass is 32.2. The maximum atomic E-state index is 13.7. The molecule has 198 valence electrons. The number of fused-ring (bicyclic) bond motifs is 2. The SMILES string of the molecule is CC(C)CC(NC(=O)c1cnc2ccccc2n1)C(=O)N1CCC2C1C(=O)CN2S(=O)(=O)c1ccccn1. The topological polar surface area (TPSA) is 143 Å². The van der Waals surface area contributed by atoms with Crippen molar-refractivity contribution < 1.29 is 22.8 Å². The Kier molecular flexibility index (Phi) is 6.93. The summed E-state index contributed by atoms with van der Waals surface area (Å²) in [6, 6.07) is 9.21. The number of hydrogen-bond acceptors (Lipinski definition) is 8. The lowest BCUT2D eigenvalue weighted by molar-refractivity contribution is -0.138. The molecule has 11 nitrogen and oxygen atoms in total. The molecule has 0 saturated carbocycles. The van der Waals surface area contributed by atoms with Crippen LogP contribution in [0.25, 0.3) is 11.0 Å². The molecule has 3 aromatic rings. The van der Waals surface area contributed by atoms with Crippen molar-refractivity contribution in [2.45, 2.75) is 49.8 Å². The fraction of sp³-hybridized carbons (Fsp3) is 0.385. The van der Waals surface area contributed by atoms with E-state index in [1.807, 2.05) is 19.9 Å². The second-order valence-electron chi connectivity index (χ2n) is 9.92. The van der Waals surface area contributed by atoms with Gasteiger partial charge in [-0.25, -0.2) is 18.4 Å². The molecule has 0 bridgehead atoms. The van der Waals surface area contributed by atoms with Gasteiger partial charge >= 0.3 is 0 Å². The molecule has 1 aromatic carbocycles. The predicted octanol–water partition coefficient (Wildman–Crippen LogP) is 1.41. The van der Waals surface area contributed by atoms with Crippen LogP contribution in [0, 0.1) is 5.92 Å². The summed E-state index contributed by atoms with van der Waals surface area (Å²) < 4.78 is 27.6. The summed E-state index contributed by atoms with van der Waals surface area (Å²) in [5, 5.41) is 2.64. The first-order chi connectivity index (χ1) is 18.2. The lowest BCUT2D eigenvalue weighted by atomic mass is 10.0. The van der Waals surface area contributed by atoms with E-state index in [-0.39, 0.29) is 35.5 Å². The lowest BCUT2D eigenvalue weighted by Gasteiger charge is -2.29. The number of likely N-dealkylation sites (tertiary alicyclic amines) is 1. The molecule has 4 heterocycles. The minimum atomic E-state index is -4.01. The fourth-order valence-corrected chi connectivity index (χ4v) is 6.71. The molecule has 2 fully saturated rings. The zero-order valence-electron chi connectivity index (χ0n) is 21.0. The molecule has 3 unspecified atom stereocenters. The maximum absolute atomic E-state index is 13.7. The molecule has 2 aromatic heterocycles. The van der Waals surface area contributed by atoms with Gasteiger partial charge in [0.1, 0.15) is 17.8 Å². The Morgan fingerprint density at radius 2 is 1.82 bits per heavy atom. The normalized spacial score (nSPS) is 20.6. The molecular formula is C26H28N6O5S. The lowest BCUT2D eigenvalue weighted by Crippen LogP contribution is -2.53. The number of ketones is 1. The van der Waals surface area contributed by atoms with Gasteiger partial charge in [0.25, 0.3) is 15.9 Å². The molecule has 0 aliphatic carbocycles. The quantitative estimate of drug-likeness (QED) is 0.478. The van der Waals surface area contributed by atoms with Crippen molar-refractivity contribution in [3.8, 4) is 0 Å². The van der Waals surface area contributed by atoms with Crippen LogP contribution in [-0.4, -0.2) is 81.4 Å². The number of sulfonamides is 1. The van der Waals surface area contributed by atoms with E-state index in [0.29, 0.717) is 23.9 Å². The minimum Gasteiger partial charge on any atom is -0.339 e. The van der Waals surface area contributed by atoms with Gasteiger partial charge in [-0.3, -0.25) is 19.4 Å². The van der Waals surface area contributed by atoms with Crippen LogP contribution >= 0.6 is 0 Å². The Labute approximate surface area is 220 Å². The standard InChI is InChI=1S/C26H28N6O5S/c1-16(2)13-19(30-25(34)20-14-28-17-7-3-4-8-18(17)29-20)26(35)31-12-10-21-24(31)22(33)15-32(21)38(36,37)23-9-5-6-11-27-23/h3-9,11,14,16,19,21,24H,10,12-13,15H2,1-2H3,(H,30,34). The average Bonchev–Trinajstić information content (AvgIpc) is 3.49. The highest BCUT2D eigenvalue weighted by Crippen LogP contribution is 2.34. The van der Waals surface area contributed by atoms with E-state index >= 15 is 0 Å². The molecule has 1 N–H and O–H groups in total. The second kappa shape index (κ2) is 10.2. The first-order valence-electron chi connectivity index (χ1n) is 12.5. The van der Waals surface area contributed by atoms with Gasteiger partial charge in [-0.2, -0.15) is 4.31 Å². The summed E-state index contributed by atoms with van der Waals surface area (Å²) >= 11 is 0. The van der Waals surface area contributed by atoms with E-state index in [0.717, 1.165) is 4.31 Å². The average molecular weight is 537 g/mol. The van der Waals surface area contributed by atoms with E-state index in [1.165, 1.54) is 23.4 Å². The number of pyridine rings is 1. The van der Waals surface area contributed by atoms with Crippen LogP contribution in [0.4, 0.5) is 0 Å². The van der Waals surface area contributed by atoms with E-state index in [1.54, 1.807) is 30.3 Å². The minimum absolute atomic E-state index is 0.0608. The zero-order chi connectivity index (χ0) is 27.0. The summed E-state index contributed by atoms with van der Waals surface area (Å²) in [6.45, 7) is 3.73. The molecule has 0 spiro atoms. The van der Waals surface area contributed by atoms with Gasteiger partial charge in [-0.1, -0.05) is 32.0 Å². The number of Topliss-reactive ketones (excluding diaryl/α,β-unsaturated/α-hetero) is 1. The van der Waals surface area contributed by atoms with Gasteiger partial charge in [0.05, 0.1) is 29.8 Å². The van der Waals surface area contributed by atoms with Crippen molar-refractivity contribution in [1.82, 2.24) is 29.5 Å². The smallest absolute Gasteiger partial charge is 0.272 e. The van der Waals surface area contributed by atoms with Crippen LogP contribution in [0.3, 0.4) is 0 Å². The number of aromatic nitrogens is 3. The van der Waals surface area contributed by atoms with Crippen LogP contribution in [0.15, 0.2) is 59.9 Å². The van der Waals surface area contributed by atoms with Gasteiger partial charge < -0.3 is 10.2 Å². The van der Waals surface area contributed by atoms with Crippen molar-refractivity contribution in [1.29, 1.82) is 0 Å². The van der Waals surface area contributed by atoms with E-state index in [4.69, 9.17) is 0 Å². The van der Waals surface area contributed by atoms with Crippen LogP contribution in [0.1, 0.15) is 37.2 Å². The molecule has 12 heteroatoms.